The molecule has 0 saturated carbocycles. The van der Waals surface area contributed by atoms with Crippen molar-refractivity contribution >= 4 is 88.6 Å². The van der Waals surface area contributed by atoms with Crippen molar-refractivity contribution in [3.8, 4) is 0 Å². The van der Waals surface area contributed by atoms with Gasteiger partial charge in [0.25, 0.3) is 0 Å². The lowest BCUT2D eigenvalue weighted by Crippen LogP contribution is -2.49. The monoisotopic (exact) mass is 1140 g/mol. The van der Waals surface area contributed by atoms with E-state index in [1.54, 1.807) is 19.9 Å². The third-order valence-corrected chi connectivity index (χ3v) is 19.8. The molecule has 83 heavy (non-hydrogen) atoms. The lowest BCUT2D eigenvalue weighted by atomic mass is 9.76. The maximum Gasteiger partial charge on any atom is 0.488 e. The predicted octanol–water partition coefficient (Wildman–Crippen LogP) is 8.63. The number of hydrogen-bond donors (Lipinski definition) is 5. The number of hydrogen-bond acceptors (Lipinski definition) is 9. The lowest BCUT2D eigenvalue weighted by molar-refractivity contribution is -0.462. The van der Waals surface area contributed by atoms with Gasteiger partial charge in [0.05, 0.1) is 5.56 Å². The number of fused-ring (bicyclic) bond motifs is 4. The third kappa shape index (κ3) is 14.0. The van der Waals surface area contributed by atoms with E-state index in [1.165, 1.54) is 27.6 Å². The van der Waals surface area contributed by atoms with Crippen molar-refractivity contribution in [1.29, 1.82) is 0 Å². The average molecular weight is 1140 g/mol. The number of amides is 1. The molecular weight excluding hydrogens is 1070 g/mol. The van der Waals surface area contributed by atoms with Gasteiger partial charge in [0.2, 0.25) is 5.91 Å². The second-order valence-electron chi connectivity index (χ2n) is 23.3. The predicted molar refractivity (Wildman–Crippen MR) is 336 cm³/mol. The molecule has 5 N–H and O–H groups in total. The van der Waals surface area contributed by atoms with Crippen LogP contribution in [0.2, 0.25) is 13.1 Å². The number of benzene rings is 6. The van der Waals surface area contributed by atoms with Gasteiger partial charge in [0.1, 0.15) is 22.2 Å². The maximum absolute atomic E-state index is 14.1. The number of nitrogens with one attached hydrogen (secondary N) is 1. The fraction of sp³-hybridized carbons (Fsp3) is 0.318. The Morgan fingerprint density at radius 3 is 1.89 bits per heavy atom. The summed E-state index contributed by atoms with van der Waals surface area (Å²) in [6, 6.07) is 30.4. The number of alkyl halides is 3. The number of Topliss-reactive ketones (excluding diaryl/α,β-unsaturated/α-hetero) is 1. The zero-order chi connectivity index (χ0) is 60.2. The molecule has 2 aliphatic rings. The van der Waals surface area contributed by atoms with Crippen molar-refractivity contribution in [2.75, 3.05) is 52.7 Å². The number of carbonyl (C=O) groups excluding carboxylic acids is 2. The largest absolute Gasteiger partial charge is 0.488 e. The first-order valence-electron chi connectivity index (χ1n) is 28.3. The second-order valence-corrected chi connectivity index (χ2v) is 27.7. The highest BCUT2D eigenvalue weighted by molar-refractivity contribution is 6.98. The van der Waals surface area contributed by atoms with Gasteiger partial charge in [-0.1, -0.05) is 98.5 Å². The minimum atomic E-state index is -4.72. The minimum absolute atomic E-state index is 0.0129. The van der Waals surface area contributed by atoms with Gasteiger partial charge in [0, 0.05) is 83.2 Å². The number of halogens is 3. The van der Waals surface area contributed by atoms with Crippen LogP contribution in [0.3, 0.4) is 0 Å². The van der Waals surface area contributed by atoms with Crippen molar-refractivity contribution in [3.05, 3.63) is 195 Å². The van der Waals surface area contributed by atoms with Gasteiger partial charge in [0.15, 0.2) is 11.5 Å². The summed E-state index contributed by atoms with van der Waals surface area (Å²) >= 11 is 0. The molecule has 0 aromatic heterocycles. The Bertz CT molecular complexity index is 3660. The summed E-state index contributed by atoms with van der Waals surface area (Å²) in [6.07, 6.45) is 4.18. The van der Waals surface area contributed by atoms with E-state index >= 15 is 0 Å². The van der Waals surface area contributed by atoms with Crippen LogP contribution in [0.15, 0.2) is 150 Å². The summed E-state index contributed by atoms with van der Waals surface area (Å²) in [5, 5.41) is 52.0. The topological polar surface area (TPSA) is 140 Å². The SMILES string of the molecule is C=C(C)C(=O)CCCCN(Cc1ccc(C)cc1B(O)O)Cc1c2ccccc2c(CN(CCCNC(=O)C(=C)C)Cc2ccc(C(F)(F)F)cc2B(O)O)c2ccc(C3=C4C=CC(=[N+](C)C)C=C4[Si](C)(C)c4cc(N(C)C)ccc43)cc12. The van der Waals surface area contributed by atoms with Gasteiger partial charge in [-0.15, -0.1) is 0 Å². The Kier molecular flexibility index (Phi) is 19.4. The first kappa shape index (κ1) is 62.1. The van der Waals surface area contributed by atoms with Crippen molar-refractivity contribution in [1.82, 2.24) is 15.1 Å². The van der Waals surface area contributed by atoms with Crippen LogP contribution in [0.5, 0.6) is 0 Å². The summed E-state index contributed by atoms with van der Waals surface area (Å²) in [7, 11) is 2.02. The zero-order valence-electron chi connectivity index (χ0n) is 49.3. The zero-order valence-corrected chi connectivity index (χ0v) is 50.3. The Labute approximate surface area is 488 Å². The molecule has 1 amide bonds. The quantitative estimate of drug-likeness (QED) is 0.0140. The van der Waals surface area contributed by atoms with Crippen LogP contribution in [0, 0.1) is 6.92 Å². The van der Waals surface area contributed by atoms with Gasteiger partial charge in [-0.05, 0) is 176 Å². The van der Waals surface area contributed by atoms with Gasteiger partial charge >= 0.3 is 20.4 Å². The van der Waals surface area contributed by atoms with Crippen LogP contribution in [-0.4, -0.2) is 122 Å². The highest BCUT2D eigenvalue weighted by atomic mass is 28.3. The highest BCUT2D eigenvalue weighted by Crippen LogP contribution is 2.44. The van der Waals surface area contributed by atoms with Crippen LogP contribution < -0.4 is 26.3 Å². The standard InChI is InChI=1S/C66H76B2F3N5O6Si/c1-42(2)61(77)19-14-15-31-75(38-46-21-20-44(5)33-59(46)67(79)80)41-58-52-18-13-12-17-51(52)57(40-76(32-16-30-72-65(78)43(3)4)39-47-22-24-48(66(69,70)71)35-60(47)68(81)82)53-27-23-45(34-56(53)58)64-54-28-25-49(73(6)7)36-62(54)83(10,11)63-37-50(74(8)9)26-29-55(63)64/h12-13,17-18,20-29,33-37,79-82H,1,3,14-16,19,30-32,38-41H2,2,4-11H3/p+1. The molecule has 0 spiro atoms. The molecule has 0 bridgehead atoms. The summed E-state index contributed by atoms with van der Waals surface area (Å²) in [5.41, 5.74) is 10.6. The smallest absolute Gasteiger partial charge is 0.423 e. The second kappa shape index (κ2) is 25.9. The molecule has 0 saturated heterocycles. The molecule has 8 rings (SSSR count). The highest BCUT2D eigenvalue weighted by Gasteiger charge is 2.41. The van der Waals surface area contributed by atoms with Crippen molar-refractivity contribution in [2.45, 2.75) is 91.9 Å². The first-order valence-corrected chi connectivity index (χ1v) is 31.3. The van der Waals surface area contributed by atoms with E-state index in [1.807, 2.05) is 31.2 Å². The van der Waals surface area contributed by atoms with Gasteiger partial charge < -0.3 is 30.3 Å². The number of carbonyl (C=O) groups is 2. The summed E-state index contributed by atoms with van der Waals surface area (Å²) in [4.78, 5) is 32.0. The normalized spacial score (nSPS) is 13.8. The molecule has 6 aromatic rings. The molecule has 17 heteroatoms. The molecule has 11 nitrogen and oxygen atoms in total. The van der Waals surface area contributed by atoms with E-state index in [-0.39, 0.29) is 36.8 Å². The molecule has 1 aliphatic carbocycles. The first-order chi connectivity index (χ1) is 39.2. The number of unbranched alkanes of at least 4 members (excludes halogenated alkanes) is 1. The molecule has 0 atom stereocenters. The fourth-order valence-corrected chi connectivity index (χ4v) is 14.7. The minimum Gasteiger partial charge on any atom is -0.423 e. The molecule has 1 aliphatic heterocycles. The van der Waals surface area contributed by atoms with Crippen molar-refractivity contribution in [3.63, 3.8) is 0 Å². The Balaban J connectivity index is 1.38. The van der Waals surface area contributed by atoms with E-state index in [0.717, 1.165) is 78.5 Å². The average Bonchev–Trinajstić information content (AvgIpc) is 1.20. The molecule has 6 aromatic carbocycles. The van der Waals surface area contributed by atoms with Crippen LogP contribution >= 0.6 is 0 Å². The molecule has 1 heterocycles. The van der Waals surface area contributed by atoms with E-state index < -0.39 is 34.1 Å². The Hall–Kier alpha value is -6.95. The number of rotatable bonds is 23. The lowest BCUT2D eigenvalue weighted by Gasteiger charge is -2.38. The Morgan fingerprint density at radius 1 is 0.699 bits per heavy atom. The van der Waals surface area contributed by atoms with Gasteiger partial charge in [-0.2, -0.15) is 13.2 Å². The molecular formula is C66H77B2F3N5O6Si+. The van der Waals surface area contributed by atoms with Crippen LogP contribution in [0.1, 0.15) is 84.0 Å². The molecule has 0 fully saturated rings. The third-order valence-electron chi connectivity index (χ3n) is 16.3. The Morgan fingerprint density at radius 2 is 1.30 bits per heavy atom. The van der Waals surface area contributed by atoms with Gasteiger partial charge in [-0.25, -0.2) is 4.58 Å². The van der Waals surface area contributed by atoms with Crippen LogP contribution in [0.4, 0.5) is 18.9 Å². The van der Waals surface area contributed by atoms with Crippen molar-refractivity contribution < 1.29 is 47.4 Å². The number of anilines is 1. The number of aryl methyl sites for hydroxylation is 1. The van der Waals surface area contributed by atoms with Crippen LogP contribution in [0.25, 0.3) is 27.1 Å². The molecule has 0 radical (unpaired) electrons. The number of allylic oxidation sites excluding steroid dienone is 6. The number of nitrogens with zero attached hydrogens (tertiary/aromatic N) is 4. The fourth-order valence-electron chi connectivity index (χ4n) is 11.6. The van der Waals surface area contributed by atoms with E-state index in [9.17, 15) is 42.9 Å². The van der Waals surface area contributed by atoms with E-state index in [2.05, 4.69) is 146 Å². The summed E-state index contributed by atoms with van der Waals surface area (Å²) in [6.45, 7) is 20.1. The van der Waals surface area contributed by atoms with Crippen molar-refractivity contribution in [2.24, 2.45) is 0 Å². The molecule has 432 valence electrons. The number of ketones is 1. The summed E-state index contributed by atoms with van der Waals surface area (Å²) in [5.74, 6) is -0.281. The van der Waals surface area contributed by atoms with Crippen LogP contribution in [-0.2, 0) is 41.9 Å². The molecule has 0 unspecified atom stereocenters. The summed E-state index contributed by atoms with van der Waals surface area (Å²) < 4.78 is 44.5. The maximum atomic E-state index is 14.1. The van der Waals surface area contributed by atoms with Gasteiger partial charge in [-0.3, -0.25) is 19.4 Å². The van der Waals surface area contributed by atoms with E-state index in [4.69, 9.17) is 0 Å². The van der Waals surface area contributed by atoms with E-state index in [0.29, 0.717) is 74.0 Å².